The Morgan fingerprint density at radius 3 is 1.52 bits per heavy atom. The predicted molar refractivity (Wildman–Crippen MR) is 234 cm³/mol. The number of benzene rings is 8. The van der Waals surface area contributed by atoms with E-state index in [0.29, 0.717) is 17.5 Å². The molecule has 0 saturated carbocycles. The maximum atomic E-state index is 5.06. The van der Waals surface area contributed by atoms with Crippen LogP contribution in [0.15, 0.2) is 194 Å². The molecule has 5 heteroatoms. The van der Waals surface area contributed by atoms with Gasteiger partial charge in [-0.3, -0.25) is 4.40 Å². The number of nitrogens with zero attached hydrogens (tertiary/aromatic N) is 4. The van der Waals surface area contributed by atoms with E-state index < -0.39 is 0 Å². The van der Waals surface area contributed by atoms with Crippen LogP contribution in [0.1, 0.15) is 0 Å². The second-order valence-electron chi connectivity index (χ2n) is 14.0. The minimum atomic E-state index is 0.651. The van der Waals surface area contributed by atoms with Gasteiger partial charge >= 0.3 is 0 Å². The molecular formula is C51H32N4S. The molecule has 4 nitrogen and oxygen atoms in total. The van der Waals surface area contributed by atoms with Crippen molar-refractivity contribution in [2.45, 2.75) is 0 Å². The van der Waals surface area contributed by atoms with Crippen molar-refractivity contribution in [1.29, 1.82) is 0 Å². The van der Waals surface area contributed by atoms with Crippen molar-refractivity contribution in [3.63, 3.8) is 0 Å². The molecule has 0 saturated heterocycles. The fourth-order valence-corrected chi connectivity index (χ4v) is 9.32. The second-order valence-corrected chi connectivity index (χ2v) is 15.0. The Morgan fingerprint density at radius 2 is 0.839 bits per heavy atom. The minimum Gasteiger partial charge on any atom is -0.299 e. The third-order valence-electron chi connectivity index (χ3n) is 10.7. The van der Waals surface area contributed by atoms with E-state index in [-0.39, 0.29) is 0 Å². The number of thiazole rings is 1. The van der Waals surface area contributed by atoms with E-state index in [1.807, 2.05) is 72.0 Å². The number of rotatable bonds is 6. The molecule has 0 atom stereocenters. The van der Waals surface area contributed by atoms with Gasteiger partial charge in [0.05, 0.1) is 15.7 Å². The SMILES string of the molecule is c1ccc(-c2nc(-c3ccccc3)nc(-c3ccc(-c4ccc(-c5c6cccc(-c7ccccc7)c6n6c5sc5ccccc56)cc4)c4ccccc34)n2)cc1. The third kappa shape index (κ3) is 5.32. The summed E-state index contributed by atoms with van der Waals surface area (Å²) in [5.41, 5.74) is 12.6. The topological polar surface area (TPSA) is 43.1 Å². The molecule has 0 unspecified atom stereocenters. The fourth-order valence-electron chi connectivity index (χ4n) is 8.09. The zero-order valence-electron chi connectivity index (χ0n) is 30.2. The molecule has 3 heterocycles. The number of fused-ring (bicyclic) bond motifs is 6. The lowest BCUT2D eigenvalue weighted by Gasteiger charge is -2.13. The Hall–Kier alpha value is -7.21. The van der Waals surface area contributed by atoms with E-state index in [2.05, 4.69) is 138 Å². The molecule has 11 aromatic rings. The predicted octanol–water partition coefficient (Wildman–Crippen LogP) is 13.6. The van der Waals surface area contributed by atoms with Crippen LogP contribution in [0, 0.1) is 0 Å². The number of para-hydroxylation sites is 2. The minimum absolute atomic E-state index is 0.651. The lowest BCUT2D eigenvalue weighted by molar-refractivity contribution is 1.08. The average Bonchev–Trinajstić information content (AvgIpc) is 3.81. The Labute approximate surface area is 327 Å². The maximum Gasteiger partial charge on any atom is 0.164 e. The first kappa shape index (κ1) is 32.2. The highest BCUT2D eigenvalue weighted by atomic mass is 32.1. The van der Waals surface area contributed by atoms with Gasteiger partial charge in [-0.05, 0) is 51.2 Å². The molecule has 0 radical (unpaired) electrons. The summed E-state index contributed by atoms with van der Waals surface area (Å²) in [5.74, 6) is 1.96. The van der Waals surface area contributed by atoms with Crippen molar-refractivity contribution in [2.24, 2.45) is 0 Å². The Balaban J connectivity index is 1.05. The third-order valence-corrected chi connectivity index (χ3v) is 11.8. The fraction of sp³-hybridized carbons (Fsp3) is 0. The molecule has 8 aromatic carbocycles. The molecule has 0 N–H and O–H groups in total. The van der Waals surface area contributed by atoms with Gasteiger partial charge in [-0.1, -0.05) is 176 Å². The van der Waals surface area contributed by atoms with Gasteiger partial charge in [0.1, 0.15) is 4.83 Å². The maximum absolute atomic E-state index is 5.06. The van der Waals surface area contributed by atoms with Crippen molar-refractivity contribution in [3.05, 3.63) is 194 Å². The Kier molecular flexibility index (Phi) is 7.64. The highest BCUT2D eigenvalue weighted by molar-refractivity contribution is 7.24. The summed E-state index contributed by atoms with van der Waals surface area (Å²) in [6.07, 6.45) is 0. The number of hydrogen-bond donors (Lipinski definition) is 0. The van der Waals surface area contributed by atoms with Crippen LogP contribution < -0.4 is 0 Å². The molecule has 0 spiro atoms. The van der Waals surface area contributed by atoms with E-state index in [4.69, 9.17) is 15.0 Å². The normalized spacial score (nSPS) is 11.6. The summed E-state index contributed by atoms with van der Waals surface area (Å²) < 4.78 is 3.75. The van der Waals surface area contributed by atoms with E-state index in [9.17, 15) is 0 Å². The molecule has 3 aromatic heterocycles. The summed E-state index contributed by atoms with van der Waals surface area (Å²) in [4.78, 5) is 16.3. The molecule has 0 aliphatic carbocycles. The molecular weight excluding hydrogens is 701 g/mol. The standard InChI is InChI=1S/C51H32N4S/c1-4-15-33(16-5-1)39-23-14-24-43-46(51-55(47(39)43)44-25-12-13-26-45(44)56-51)35-29-27-34(28-30-35)38-31-32-42(41-22-11-10-21-40(38)41)50-53-48(36-17-6-2-7-18-36)52-49(54-50)37-19-8-3-9-20-37/h1-32H. The molecule has 0 bridgehead atoms. The van der Waals surface area contributed by atoms with Gasteiger partial charge < -0.3 is 0 Å². The molecule has 0 aliphatic rings. The van der Waals surface area contributed by atoms with Crippen LogP contribution in [0.25, 0.3) is 104 Å². The first-order valence-electron chi connectivity index (χ1n) is 18.8. The summed E-state index contributed by atoms with van der Waals surface area (Å²) in [6, 6.07) is 68.5. The molecule has 0 fully saturated rings. The zero-order valence-corrected chi connectivity index (χ0v) is 31.0. The Morgan fingerprint density at radius 1 is 0.339 bits per heavy atom. The van der Waals surface area contributed by atoms with Crippen LogP contribution in [-0.2, 0) is 0 Å². The lowest BCUT2D eigenvalue weighted by atomic mass is 9.93. The van der Waals surface area contributed by atoms with Gasteiger partial charge in [0.15, 0.2) is 17.5 Å². The largest absolute Gasteiger partial charge is 0.299 e. The molecule has 11 rings (SSSR count). The quantitative estimate of drug-likeness (QED) is 0.171. The first-order chi connectivity index (χ1) is 27.8. The molecule has 0 amide bonds. The molecule has 56 heavy (non-hydrogen) atoms. The first-order valence-corrected chi connectivity index (χ1v) is 19.6. The van der Waals surface area contributed by atoms with E-state index in [1.165, 1.54) is 48.2 Å². The number of aromatic nitrogens is 4. The summed E-state index contributed by atoms with van der Waals surface area (Å²) in [6.45, 7) is 0. The summed E-state index contributed by atoms with van der Waals surface area (Å²) in [7, 11) is 0. The van der Waals surface area contributed by atoms with Crippen molar-refractivity contribution < 1.29 is 0 Å². The van der Waals surface area contributed by atoms with Crippen LogP contribution in [0.5, 0.6) is 0 Å². The van der Waals surface area contributed by atoms with Gasteiger partial charge in [0.2, 0.25) is 0 Å². The van der Waals surface area contributed by atoms with Crippen molar-refractivity contribution in [2.75, 3.05) is 0 Å². The van der Waals surface area contributed by atoms with Gasteiger partial charge in [-0.2, -0.15) is 0 Å². The van der Waals surface area contributed by atoms with Crippen LogP contribution >= 0.6 is 11.3 Å². The second kappa shape index (κ2) is 13.3. The van der Waals surface area contributed by atoms with Crippen molar-refractivity contribution >= 4 is 48.1 Å². The average molecular weight is 733 g/mol. The summed E-state index contributed by atoms with van der Waals surface area (Å²) >= 11 is 1.86. The van der Waals surface area contributed by atoms with E-state index >= 15 is 0 Å². The van der Waals surface area contributed by atoms with Crippen LogP contribution in [0.4, 0.5) is 0 Å². The Bertz CT molecular complexity index is 3160. The summed E-state index contributed by atoms with van der Waals surface area (Å²) in [5, 5.41) is 3.50. The van der Waals surface area contributed by atoms with E-state index in [0.717, 1.165) is 38.6 Å². The van der Waals surface area contributed by atoms with Gasteiger partial charge in [0, 0.05) is 33.2 Å². The monoisotopic (exact) mass is 732 g/mol. The molecule has 0 aliphatic heterocycles. The smallest absolute Gasteiger partial charge is 0.164 e. The zero-order chi connectivity index (χ0) is 37.0. The highest BCUT2D eigenvalue weighted by Crippen LogP contribution is 2.45. The van der Waals surface area contributed by atoms with Gasteiger partial charge in [0.25, 0.3) is 0 Å². The lowest BCUT2D eigenvalue weighted by Crippen LogP contribution is -2.00. The highest BCUT2D eigenvalue weighted by Gasteiger charge is 2.21. The van der Waals surface area contributed by atoms with Crippen LogP contribution in [0.3, 0.4) is 0 Å². The number of hydrogen-bond acceptors (Lipinski definition) is 4. The van der Waals surface area contributed by atoms with Crippen molar-refractivity contribution in [3.8, 4) is 67.5 Å². The van der Waals surface area contributed by atoms with Gasteiger partial charge in [-0.15, -0.1) is 11.3 Å². The van der Waals surface area contributed by atoms with Crippen molar-refractivity contribution in [1.82, 2.24) is 19.4 Å². The molecule has 262 valence electrons. The van der Waals surface area contributed by atoms with E-state index in [1.54, 1.807) is 0 Å². The van der Waals surface area contributed by atoms with Crippen LogP contribution in [0.2, 0.25) is 0 Å². The van der Waals surface area contributed by atoms with Gasteiger partial charge in [-0.25, -0.2) is 15.0 Å². The van der Waals surface area contributed by atoms with Crippen LogP contribution in [-0.4, -0.2) is 19.4 Å².